The molecule has 3 aliphatic rings. The van der Waals surface area contributed by atoms with Crippen molar-refractivity contribution in [2.24, 2.45) is 0 Å². The van der Waals surface area contributed by atoms with Gasteiger partial charge in [-0.05, 0) is 37.7 Å². The molecular weight excluding hydrogens is 354 g/mol. The molecule has 0 aromatic heterocycles. The number of amides is 2. The maximum atomic E-state index is 13.4. The fourth-order valence-corrected chi connectivity index (χ4v) is 4.61. The second-order valence-electron chi connectivity index (χ2n) is 8.06. The van der Waals surface area contributed by atoms with E-state index in [4.69, 9.17) is 4.74 Å². The van der Waals surface area contributed by atoms with Gasteiger partial charge in [-0.25, -0.2) is 0 Å². The molecule has 4 rings (SSSR count). The highest BCUT2D eigenvalue weighted by molar-refractivity contribution is 5.84. The molecular formula is C22H31N3O3. The average Bonchev–Trinajstić information content (AvgIpc) is 3.30. The number of likely N-dealkylation sites (tertiary alicyclic amines) is 1. The third kappa shape index (κ3) is 4.23. The first-order chi connectivity index (χ1) is 13.7. The van der Waals surface area contributed by atoms with Crippen molar-refractivity contribution in [2.45, 2.75) is 44.2 Å². The normalized spacial score (nSPS) is 24.9. The molecule has 0 radical (unpaired) electrons. The van der Waals surface area contributed by atoms with Gasteiger partial charge in [-0.3, -0.25) is 14.5 Å². The van der Waals surface area contributed by atoms with Gasteiger partial charge < -0.3 is 14.5 Å². The highest BCUT2D eigenvalue weighted by atomic mass is 16.5. The van der Waals surface area contributed by atoms with Gasteiger partial charge >= 0.3 is 0 Å². The number of ether oxygens (including phenoxy) is 1. The third-order valence-electron chi connectivity index (χ3n) is 6.21. The zero-order chi connectivity index (χ0) is 19.3. The fourth-order valence-electron chi connectivity index (χ4n) is 4.61. The van der Waals surface area contributed by atoms with Crippen LogP contribution in [-0.2, 0) is 14.3 Å². The van der Waals surface area contributed by atoms with E-state index in [9.17, 15) is 9.59 Å². The Bertz CT molecular complexity index is 661. The molecule has 6 heteroatoms. The Labute approximate surface area is 167 Å². The molecule has 3 aliphatic heterocycles. The summed E-state index contributed by atoms with van der Waals surface area (Å²) in [6.45, 7) is 5.18. The third-order valence-corrected chi connectivity index (χ3v) is 6.21. The topological polar surface area (TPSA) is 53.1 Å². The summed E-state index contributed by atoms with van der Waals surface area (Å²) in [5.41, 5.74) is 1.05. The lowest BCUT2D eigenvalue weighted by molar-refractivity contribution is -0.145. The first-order valence-corrected chi connectivity index (χ1v) is 10.7. The molecule has 0 unspecified atom stereocenters. The van der Waals surface area contributed by atoms with Crippen LogP contribution in [0.1, 0.15) is 43.7 Å². The molecule has 1 aromatic rings. The molecule has 3 heterocycles. The van der Waals surface area contributed by atoms with Crippen molar-refractivity contribution in [3.05, 3.63) is 35.9 Å². The van der Waals surface area contributed by atoms with Gasteiger partial charge in [0.25, 0.3) is 5.91 Å². The molecule has 0 spiro atoms. The molecule has 0 aliphatic carbocycles. The van der Waals surface area contributed by atoms with E-state index >= 15 is 0 Å². The Balaban J connectivity index is 1.45. The molecule has 28 heavy (non-hydrogen) atoms. The van der Waals surface area contributed by atoms with Crippen molar-refractivity contribution < 1.29 is 14.3 Å². The SMILES string of the molecule is O=C([C@@H]1CCCO1)N1CCN([C@@H](C(=O)N2CCCCC2)c2ccccc2)CC1. The highest BCUT2D eigenvalue weighted by Gasteiger charge is 2.36. The molecule has 2 atom stereocenters. The largest absolute Gasteiger partial charge is 0.368 e. The summed E-state index contributed by atoms with van der Waals surface area (Å²) in [4.78, 5) is 32.2. The van der Waals surface area contributed by atoms with Crippen LogP contribution in [0.25, 0.3) is 0 Å². The minimum Gasteiger partial charge on any atom is -0.368 e. The number of carbonyl (C=O) groups excluding carboxylic acids is 2. The second-order valence-corrected chi connectivity index (χ2v) is 8.06. The molecule has 0 N–H and O–H groups in total. The number of benzene rings is 1. The van der Waals surface area contributed by atoms with Crippen molar-refractivity contribution in [3.8, 4) is 0 Å². The zero-order valence-electron chi connectivity index (χ0n) is 16.6. The number of piperidine rings is 1. The quantitative estimate of drug-likeness (QED) is 0.796. The van der Waals surface area contributed by atoms with Crippen LogP contribution in [0.5, 0.6) is 0 Å². The second kappa shape index (κ2) is 9.05. The lowest BCUT2D eigenvalue weighted by Gasteiger charge is -2.41. The number of carbonyl (C=O) groups is 2. The van der Waals surface area contributed by atoms with Crippen molar-refractivity contribution in [1.82, 2.24) is 14.7 Å². The number of hydrogen-bond donors (Lipinski definition) is 0. The van der Waals surface area contributed by atoms with E-state index < -0.39 is 0 Å². The maximum Gasteiger partial charge on any atom is 0.251 e. The van der Waals surface area contributed by atoms with Crippen LogP contribution in [0.3, 0.4) is 0 Å². The minimum absolute atomic E-state index is 0.121. The Hall–Kier alpha value is -1.92. The van der Waals surface area contributed by atoms with E-state index in [0.29, 0.717) is 19.7 Å². The number of piperazine rings is 1. The van der Waals surface area contributed by atoms with E-state index in [0.717, 1.165) is 57.4 Å². The smallest absolute Gasteiger partial charge is 0.251 e. The molecule has 152 valence electrons. The van der Waals surface area contributed by atoms with Crippen LogP contribution < -0.4 is 0 Å². The maximum absolute atomic E-state index is 13.4. The van der Waals surface area contributed by atoms with Gasteiger partial charge in [0.15, 0.2) is 0 Å². The lowest BCUT2D eigenvalue weighted by atomic mass is 10.0. The Morgan fingerprint density at radius 3 is 2.21 bits per heavy atom. The fraction of sp³-hybridized carbons (Fsp3) is 0.636. The van der Waals surface area contributed by atoms with E-state index in [-0.39, 0.29) is 24.0 Å². The predicted molar refractivity (Wildman–Crippen MR) is 107 cm³/mol. The van der Waals surface area contributed by atoms with Crippen molar-refractivity contribution in [2.75, 3.05) is 45.9 Å². The Morgan fingerprint density at radius 2 is 1.57 bits per heavy atom. The molecule has 0 bridgehead atoms. The van der Waals surface area contributed by atoms with Crippen LogP contribution in [0.15, 0.2) is 30.3 Å². The van der Waals surface area contributed by atoms with Gasteiger partial charge in [0, 0.05) is 45.9 Å². The van der Waals surface area contributed by atoms with Crippen molar-refractivity contribution >= 4 is 11.8 Å². The molecule has 2 amide bonds. The number of rotatable bonds is 4. The van der Waals surface area contributed by atoms with Crippen LogP contribution in [0, 0.1) is 0 Å². The van der Waals surface area contributed by atoms with Gasteiger partial charge in [-0.1, -0.05) is 30.3 Å². The van der Waals surface area contributed by atoms with Crippen LogP contribution >= 0.6 is 0 Å². The predicted octanol–water partition coefficient (Wildman–Crippen LogP) is 2.06. The zero-order valence-corrected chi connectivity index (χ0v) is 16.6. The van der Waals surface area contributed by atoms with Gasteiger partial charge in [0.05, 0.1) is 0 Å². The highest BCUT2D eigenvalue weighted by Crippen LogP contribution is 2.27. The average molecular weight is 386 g/mol. The Morgan fingerprint density at radius 1 is 0.857 bits per heavy atom. The van der Waals surface area contributed by atoms with Gasteiger partial charge in [-0.15, -0.1) is 0 Å². The van der Waals surface area contributed by atoms with E-state index in [1.54, 1.807) is 0 Å². The van der Waals surface area contributed by atoms with Crippen molar-refractivity contribution in [1.29, 1.82) is 0 Å². The first kappa shape index (κ1) is 19.4. The number of hydrogen-bond acceptors (Lipinski definition) is 4. The Kier molecular flexibility index (Phi) is 6.27. The van der Waals surface area contributed by atoms with Crippen LogP contribution in [-0.4, -0.2) is 78.5 Å². The van der Waals surface area contributed by atoms with Gasteiger partial charge in [0.2, 0.25) is 5.91 Å². The van der Waals surface area contributed by atoms with Gasteiger partial charge in [-0.2, -0.15) is 0 Å². The standard InChI is InChI=1S/C22H31N3O3/c26-21(19-10-7-17-28-19)25-15-13-23(14-16-25)20(18-8-3-1-4-9-18)22(27)24-11-5-2-6-12-24/h1,3-4,8-9,19-20H,2,5-7,10-17H2/t19-,20+/m0/s1. The minimum atomic E-state index is -0.258. The van der Waals surface area contributed by atoms with E-state index in [2.05, 4.69) is 17.0 Å². The molecule has 3 saturated heterocycles. The monoisotopic (exact) mass is 385 g/mol. The summed E-state index contributed by atoms with van der Waals surface area (Å²) in [5.74, 6) is 0.334. The summed E-state index contributed by atoms with van der Waals surface area (Å²) in [6, 6.07) is 9.85. The summed E-state index contributed by atoms with van der Waals surface area (Å²) >= 11 is 0. The summed E-state index contributed by atoms with van der Waals surface area (Å²) in [7, 11) is 0. The molecule has 1 aromatic carbocycles. The van der Waals surface area contributed by atoms with Crippen LogP contribution in [0.4, 0.5) is 0 Å². The van der Waals surface area contributed by atoms with E-state index in [1.807, 2.05) is 28.0 Å². The first-order valence-electron chi connectivity index (χ1n) is 10.7. The summed E-state index contributed by atoms with van der Waals surface area (Å²) in [5, 5.41) is 0. The molecule has 0 saturated carbocycles. The molecule has 6 nitrogen and oxygen atoms in total. The summed E-state index contributed by atoms with van der Waals surface area (Å²) < 4.78 is 5.56. The number of nitrogens with zero attached hydrogens (tertiary/aromatic N) is 3. The lowest BCUT2D eigenvalue weighted by Crippen LogP contribution is -2.54. The van der Waals surface area contributed by atoms with Gasteiger partial charge in [0.1, 0.15) is 12.1 Å². The van der Waals surface area contributed by atoms with E-state index in [1.165, 1.54) is 6.42 Å². The van der Waals surface area contributed by atoms with Crippen LogP contribution in [0.2, 0.25) is 0 Å². The van der Waals surface area contributed by atoms with Crippen molar-refractivity contribution in [3.63, 3.8) is 0 Å². The molecule has 3 fully saturated rings. The summed E-state index contributed by atoms with van der Waals surface area (Å²) in [6.07, 6.45) is 4.94.